The average Bonchev–Trinajstić information content (AvgIpc) is 3.10. The molecule has 0 atom stereocenters. The van der Waals surface area contributed by atoms with E-state index in [-0.39, 0.29) is 11.5 Å². The summed E-state index contributed by atoms with van der Waals surface area (Å²) in [5, 5.41) is 4.29. The molecule has 0 radical (unpaired) electrons. The topological polar surface area (TPSA) is 83.9 Å². The fourth-order valence-corrected chi connectivity index (χ4v) is 3.06. The molecule has 0 aliphatic carbocycles. The number of nitrogens with zero attached hydrogens (tertiary/aromatic N) is 4. The quantitative estimate of drug-likeness (QED) is 0.768. The molecule has 7 nitrogen and oxygen atoms in total. The van der Waals surface area contributed by atoms with E-state index >= 15 is 0 Å². The Labute approximate surface area is 143 Å². The molecule has 0 unspecified atom stereocenters. The van der Waals surface area contributed by atoms with Crippen LogP contribution in [0.5, 0.6) is 0 Å². The Kier molecular flexibility index (Phi) is 3.68. The van der Waals surface area contributed by atoms with Crippen molar-refractivity contribution in [3.05, 3.63) is 75.5 Å². The summed E-state index contributed by atoms with van der Waals surface area (Å²) in [5.41, 5.74) is 3.14. The highest BCUT2D eigenvalue weighted by atomic mass is 16.2. The Bertz CT molecular complexity index is 1000. The zero-order valence-electron chi connectivity index (χ0n) is 13.8. The lowest BCUT2D eigenvalue weighted by Gasteiger charge is -2.28. The third kappa shape index (κ3) is 2.96. The number of hydrogen-bond donors (Lipinski definition) is 1. The summed E-state index contributed by atoms with van der Waals surface area (Å²) < 4.78 is 1.42. The number of H-pyrrole nitrogens is 1. The Morgan fingerprint density at radius 2 is 2.00 bits per heavy atom. The minimum Gasteiger partial charge on any atom is -0.333 e. The summed E-state index contributed by atoms with van der Waals surface area (Å²) in [6.45, 7) is 2.99. The standard InChI is InChI=1S/C18H17N5O2/c1-12-10-16(24)20-18(19-12)23-9-7-15(21-23)17(25)22-8-6-13-4-2-3-5-14(13)11-22/h2-5,7,9-10H,6,8,11H2,1H3,(H,19,20,24). The first-order chi connectivity index (χ1) is 12.1. The van der Waals surface area contributed by atoms with Gasteiger partial charge in [-0.15, -0.1) is 0 Å². The molecular formula is C18H17N5O2. The van der Waals surface area contributed by atoms with Crippen LogP contribution in [0.4, 0.5) is 0 Å². The number of amides is 1. The van der Waals surface area contributed by atoms with E-state index in [4.69, 9.17) is 0 Å². The number of benzene rings is 1. The molecule has 0 spiro atoms. The maximum absolute atomic E-state index is 12.7. The third-order valence-electron chi connectivity index (χ3n) is 4.30. The first-order valence-corrected chi connectivity index (χ1v) is 8.10. The lowest BCUT2D eigenvalue weighted by Crippen LogP contribution is -2.36. The van der Waals surface area contributed by atoms with Crippen LogP contribution < -0.4 is 5.56 Å². The van der Waals surface area contributed by atoms with Crippen molar-refractivity contribution in [1.82, 2.24) is 24.6 Å². The van der Waals surface area contributed by atoms with Crippen LogP contribution in [0.2, 0.25) is 0 Å². The zero-order valence-corrected chi connectivity index (χ0v) is 13.8. The molecule has 3 heterocycles. The lowest BCUT2D eigenvalue weighted by atomic mass is 10.00. The summed E-state index contributed by atoms with van der Waals surface area (Å²) in [6, 6.07) is 11.2. The highest BCUT2D eigenvalue weighted by Gasteiger charge is 2.23. The molecule has 25 heavy (non-hydrogen) atoms. The minimum absolute atomic E-state index is 0.122. The van der Waals surface area contributed by atoms with Gasteiger partial charge in [-0.1, -0.05) is 24.3 Å². The van der Waals surface area contributed by atoms with Crippen LogP contribution in [0.3, 0.4) is 0 Å². The molecule has 0 saturated heterocycles. The number of rotatable bonds is 2. The van der Waals surface area contributed by atoms with Crippen molar-refractivity contribution >= 4 is 5.91 Å². The van der Waals surface area contributed by atoms with Crippen LogP contribution >= 0.6 is 0 Å². The normalized spacial score (nSPS) is 13.6. The van der Waals surface area contributed by atoms with Gasteiger partial charge in [-0.05, 0) is 30.5 Å². The van der Waals surface area contributed by atoms with Crippen LogP contribution in [0.15, 0.2) is 47.4 Å². The molecule has 4 rings (SSSR count). The van der Waals surface area contributed by atoms with Crippen molar-refractivity contribution in [3.63, 3.8) is 0 Å². The van der Waals surface area contributed by atoms with E-state index in [9.17, 15) is 9.59 Å². The molecule has 126 valence electrons. The summed E-state index contributed by atoms with van der Waals surface area (Å²) in [4.78, 5) is 33.0. The van der Waals surface area contributed by atoms with E-state index in [0.29, 0.717) is 30.4 Å². The Morgan fingerprint density at radius 3 is 2.80 bits per heavy atom. The SMILES string of the molecule is Cc1cc(=O)[nH]c(-n2ccc(C(=O)N3CCc4ccccc4C3)n2)n1. The summed E-state index contributed by atoms with van der Waals surface area (Å²) in [7, 11) is 0. The molecule has 0 fully saturated rings. The van der Waals surface area contributed by atoms with E-state index in [1.54, 1.807) is 24.1 Å². The van der Waals surface area contributed by atoms with Crippen LogP contribution in [-0.4, -0.2) is 37.1 Å². The van der Waals surface area contributed by atoms with Crippen LogP contribution in [0.25, 0.3) is 5.95 Å². The number of hydrogen-bond acceptors (Lipinski definition) is 4. The van der Waals surface area contributed by atoms with Gasteiger partial charge in [-0.2, -0.15) is 5.10 Å². The first kappa shape index (κ1) is 15.3. The Morgan fingerprint density at radius 1 is 1.20 bits per heavy atom. The molecule has 1 amide bonds. The maximum Gasteiger partial charge on any atom is 0.274 e. The second-order valence-corrected chi connectivity index (χ2v) is 6.10. The molecule has 1 aliphatic rings. The highest BCUT2D eigenvalue weighted by Crippen LogP contribution is 2.20. The fourth-order valence-electron chi connectivity index (χ4n) is 3.06. The Hall–Kier alpha value is -3.22. The largest absolute Gasteiger partial charge is 0.333 e. The van der Waals surface area contributed by atoms with Gasteiger partial charge >= 0.3 is 0 Å². The molecule has 1 N–H and O–H groups in total. The summed E-state index contributed by atoms with van der Waals surface area (Å²) in [6.07, 6.45) is 2.47. The van der Waals surface area contributed by atoms with Gasteiger partial charge in [0.1, 0.15) is 0 Å². The van der Waals surface area contributed by atoms with Gasteiger partial charge in [0.15, 0.2) is 5.69 Å². The van der Waals surface area contributed by atoms with Gasteiger partial charge in [0.05, 0.1) is 0 Å². The number of fused-ring (bicyclic) bond motifs is 1. The molecule has 0 bridgehead atoms. The zero-order chi connectivity index (χ0) is 17.4. The predicted molar refractivity (Wildman–Crippen MR) is 91.6 cm³/mol. The number of aryl methyl sites for hydroxylation is 1. The van der Waals surface area contributed by atoms with Gasteiger partial charge in [-0.25, -0.2) is 9.67 Å². The number of carbonyl (C=O) groups is 1. The van der Waals surface area contributed by atoms with Crippen molar-refractivity contribution in [1.29, 1.82) is 0 Å². The van der Waals surface area contributed by atoms with E-state index in [2.05, 4.69) is 27.2 Å². The molecule has 1 aliphatic heterocycles. The van der Waals surface area contributed by atoms with Crippen LogP contribution in [0, 0.1) is 6.92 Å². The van der Waals surface area contributed by atoms with Gasteiger partial charge in [0, 0.05) is 31.0 Å². The van der Waals surface area contributed by atoms with Crippen molar-refractivity contribution in [2.24, 2.45) is 0 Å². The summed E-state index contributed by atoms with van der Waals surface area (Å²) >= 11 is 0. The van der Waals surface area contributed by atoms with Crippen molar-refractivity contribution < 1.29 is 4.79 Å². The average molecular weight is 335 g/mol. The number of aromatic nitrogens is 4. The highest BCUT2D eigenvalue weighted by molar-refractivity contribution is 5.92. The third-order valence-corrected chi connectivity index (χ3v) is 4.30. The molecule has 3 aromatic rings. The number of carbonyl (C=O) groups excluding carboxylic acids is 1. The van der Waals surface area contributed by atoms with Gasteiger partial charge in [0.2, 0.25) is 5.95 Å². The van der Waals surface area contributed by atoms with Gasteiger partial charge in [-0.3, -0.25) is 14.6 Å². The maximum atomic E-state index is 12.7. The molecule has 7 heteroatoms. The van der Waals surface area contributed by atoms with Crippen molar-refractivity contribution in [2.45, 2.75) is 19.9 Å². The summed E-state index contributed by atoms with van der Waals surface area (Å²) in [5.74, 6) is 0.177. The smallest absolute Gasteiger partial charge is 0.274 e. The molecule has 1 aromatic carbocycles. The van der Waals surface area contributed by atoms with Crippen molar-refractivity contribution in [2.75, 3.05) is 6.54 Å². The van der Waals surface area contributed by atoms with E-state index in [1.807, 2.05) is 12.1 Å². The molecule has 0 saturated carbocycles. The second-order valence-electron chi connectivity index (χ2n) is 6.10. The minimum atomic E-state index is -0.251. The van der Waals surface area contributed by atoms with Gasteiger partial charge in [0.25, 0.3) is 11.5 Å². The predicted octanol–water partition coefficient (Wildman–Crippen LogP) is 1.46. The van der Waals surface area contributed by atoms with Crippen LogP contribution in [-0.2, 0) is 13.0 Å². The Balaban J connectivity index is 1.58. The van der Waals surface area contributed by atoms with Crippen molar-refractivity contribution in [3.8, 4) is 5.95 Å². The lowest BCUT2D eigenvalue weighted by molar-refractivity contribution is 0.0728. The van der Waals surface area contributed by atoms with E-state index < -0.39 is 0 Å². The first-order valence-electron chi connectivity index (χ1n) is 8.10. The van der Waals surface area contributed by atoms with E-state index in [0.717, 1.165) is 6.42 Å². The number of nitrogens with one attached hydrogen (secondary N) is 1. The van der Waals surface area contributed by atoms with E-state index in [1.165, 1.54) is 21.9 Å². The monoisotopic (exact) mass is 335 g/mol. The number of aromatic amines is 1. The molecule has 2 aromatic heterocycles. The fraction of sp³-hybridized carbons (Fsp3) is 0.222. The van der Waals surface area contributed by atoms with Gasteiger partial charge < -0.3 is 4.90 Å². The second kappa shape index (κ2) is 6.01. The molecular weight excluding hydrogens is 318 g/mol. The van der Waals surface area contributed by atoms with Crippen LogP contribution in [0.1, 0.15) is 27.3 Å².